The molecular formula is C9H6ClF3OS. The van der Waals surface area contributed by atoms with Gasteiger partial charge in [-0.2, -0.15) is 25.8 Å². The first kappa shape index (κ1) is 12.4. The van der Waals surface area contributed by atoms with Gasteiger partial charge >= 0.3 is 6.04 Å². The first-order valence-electron chi connectivity index (χ1n) is 3.87. The minimum absolute atomic E-state index is 0.275. The highest BCUT2D eigenvalue weighted by Crippen LogP contribution is 2.35. The molecule has 1 unspecified atom stereocenters. The summed E-state index contributed by atoms with van der Waals surface area (Å²) >= 11 is 8.73. The molecule has 0 aromatic heterocycles. The van der Waals surface area contributed by atoms with Crippen LogP contribution in [0.1, 0.15) is 5.56 Å². The Balaban J connectivity index is 3.05. The van der Waals surface area contributed by atoms with Crippen molar-refractivity contribution in [1.82, 2.24) is 0 Å². The molecule has 0 bridgehead atoms. The zero-order valence-electron chi connectivity index (χ0n) is 7.25. The van der Waals surface area contributed by atoms with Gasteiger partial charge in [-0.05, 0) is 12.1 Å². The highest BCUT2D eigenvalue weighted by molar-refractivity contribution is 7.81. The molecule has 1 nitrogen and oxygen atoms in total. The third kappa shape index (κ3) is 2.66. The van der Waals surface area contributed by atoms with Gasteiger partial charge in [-0.15, -0.1) is 0 Å². The van der Waals surface area contributed by atoms with E-state index < -0.39 is 22.8 Å². The molecule has 0 saturated carbocycles. The monoisotopic (exact) mass is 254 g/mol. The van der Waals surface area contributed by atoms with Gasteiger partial charge in [0.1, 0.15) is 0 Å². The van der Waals surface area contributed by atoms with Crippen LogP contribution in [0.3, 0.4) is 0 Å². The topological polar surface area (TPSA) is 17.1 Å². The molecule has 1 rings (SSSR count). The summed E-state index contributed by atoms with van der Waals surface area (Å²) in [5.41, 5.74) is -0.502. The number of carbonyl (C=O) groups is 1. The van der Waals surface area contributed by atoms with E-state index in [-0.39, 0.29) is 5.02 Å². The molecule has 0 heterocycles. The van der Waals surface area contributed by atoms with Crippen molar-refractivity contribution >= 4 is 30.3 Å². The molecule has 0 radical (unpaired) electrons. The van der Waals surface area contributed by atoms with Gasteiger partial charge in [0.05, 0.1) is 0 Å². The molecule has 1 aromatic carbocycles. The smallest absolute Gasteiger partial charge is 0.260 e. The summed E-state index contributed by atoms with van der Waals surface area (Å²) in [5.74, 6) is -3.65. The average molecular weight is 255 g/mol. The number of halogens is 4. The van der Waals surface area contributed by atoms with Crippen molar-refractivity contribution in [3.8, 4) is 0 Å². The molecule has 0 saturated heterocycles. The van der Waals surface area contributed by atoms with Gasteiger partial charge in [0.15, 0.2) is 5.25 Å². The Morgan fingerprint density at radius 3 is 2.20 bits per heavy atom. The second kappa shape index (κ2) is 4.45. The van der Waals surface area contributed by atoms with Gasteiger partial charge in [-0.3, -0.25) is 4.79 Å². The highest BCUT2D eigenvalue weighted by Gasteiger charge is 2.44. The van der Waals surface area contributed by atoms with E-state index in [0.29, 0.717) is 0 Å². The van der Waals surface area contributed by atoms with Crippen molar-refractivity contribution in [1.29, 1.82) is 0 Å². The molecular weight excluding hydrogens is 249 g/mol. The molecule has 15 heavy (non-hydrogen) atoms. The number of benzene rings is 1. The highest BCUT2D eigenvalue weighted by atomic mass is 35.5. The Kier molecular flexibility index (Phi) is 3.67. The van der Waals surface area contributed by atoms with Crippen LogP contribution in [-0.2, 0) is 10.7 Å². The van der Waals surface area contributed by atoms with Gasteiger partial charge < -0.3 is 0 Å². The summed E-state index contributed by atoms with van der Waals surface area (Å²) in [6.07, 6.45) is 0. The van der Waals surface area contributed by atoms with Crippen molar-refractivity contribution < 1.29 is 18.0 Å². The molecule has 0 aliphatic heterocycles. The van der Waals surface area contributed by atoms with E-state index in [0.717, 1.165) is 12.1 Å². The van der Waals surface area contributed by atoms with E-state index in [4.69, 9.17) is 11.6 Å². The third-order valence-electron chi connectivity index (χ3n) is 1.79. The molecule has 0 amide bonds. The van der Waals surface area contributed by atoms with Gasteiger partial charge in [-0.25, -0.2) is 0 Å². The van der Waals surface area contributed by atoms with Gasteiger partial charge in [-0.1, -0.05) is 23.7 Å². The largest absolute Gasteiger partial charge is 0.320 e. The Morgan fingerprint density at radius 1 is 1.33 bits per heavy atom. The lowest BCUT2D eigenvalue weighted by atomic mass is 10.1. The van der Waals surface area contributed by atoms with Crippen molar-refractivity contribution in [2.75, 3.05) is 0 Å². The molecule has 1 atom stereocenters. The molecule has 0 aliphatic carbocycles. The molecule has 1 aromatic rings. The zero-order valence-corrected chi connectivity index (χ0v) is 8.90. The van der Waals surface area contributed by atoms with Crippen LogP contribution in [0.15, 0.2) is 24.3 Å². The lowest BCUT2D eigenvalue weighted by Crippen LogP contribution is -2.31. The quantitative estimate of drug-likeness (QED) is 0.647. The SMILES string of the molecule is O=C(F)C(S)C(F)(F)c1ccc(Cl)cc1. The second-order valence-corrected chi connectivity index (χ2v) is 3.79. The van der Waals surface area contributed by atoms with E-state index in [1.54, 1.807) is 0 Å². The predicted octanol–water partition coefficient (Wildman–Crippen LogP) is 3.23. The Hall–Kier alpha value is -0.680. The summed E-state index contributed by atoms with van der Waals surface area (Å²) < 4.78 is 38.8. The molecule has 0 spiro atoms. The van der Waals surface area contributed by atoms with Gasteiger partial charge in [0.2, 0.25) is 0 Å². The van der Waals surface area contributed by atoms with Crippen LogP contribution in [0, 0.1) is 0 Å². The zero-order chi connectivity index (χ0) is 11.6. The van der Waals surface area contributed by atoms with Crippen molar-refractivity contribution in [3.63, 3.8) is 0 Å². The minimum atomic E-state index is -3.65. The minimum Gasteiger partial charge on any atom is -0.260 e. The van der Waals surface area contributed by atoms with Crippen LogP contribution in [-0.4, -0.2) is 11.3 Å². The fourth-order valence-corrected chi connectivity index (χ4v) is 1.25. The van der Waals surface area contributed by atoms with Crippen LogP contribution < -0.4 is 0 Å². The normalized spacial score (nSPS) is 13.7. The predicted molar refractivity (Wildman–Crippen MR) is 54.2 cm³/mol. The standard InChI is InChI=1S/C9H6ClF3OS/c10-6-3-1-5(2-4-6)9(12,13)7(15)8(11)14/h1-4,7,15H. The van der Waals surface area contributed by atoms with E-state index >= 15 is 0 Å². The first-order valence-corrected chi connectivity index (χ1v) is 4.76. The number of carbonyl (C=O) groups excluding carboxylic acids is 1. The summed E-state index contributed by atoms with van der Waals surface area (Å²) in [7, 11) is 0. The molecule has 0 fully saturated rings. The number of hydrogen-bond acceptors (Lipinski definition) is 2. The van der Waals surface area contributed by atoms with Crippen molar-refractivity contribution in [2.24, 2.45) is 0 Å². The Labute approximate surface area is 94.6 Å². The van der Waals surface area contributed by atoms with Crippen molar-refractivity contribution in [2.45, 2.75) is 11.2 Å². The fourth-order valence-electron chi connectivity index (χ4n) is 0.972. The summed E-state index contributed by atoms with van der Waals surface area (Å²) in [4.78, 5) is 10.2. The second-order valence-electron chi connectivity index (χ2n) is 2.84. The van der Waals surface area contributed by atoms with Gasteiger partial charge in [0, 0.05) is 10.6 Å². The summed E-state index contributed by atoms with van der Waals surface area (Å²) in [5, 5.41) is -2.02. The number of hydrogen-bond donors (Lipinski definition) is 1. The lowest BCUT2D eigenvalue weighted by molar-refractivity contribution is -0.136. The van der Waals surface area contributed by atoms with Crippen LogP contribution in [0.2, 0.25) is 5.02 Å². The van der Waals surface area contributed by atoms with E-state index in [9.17, 15) is 18.0 Å². The Morgan fingerprint density at radius 2 is 1.80 bits per heavy atom. The lowest BCUT2D eigenvalue weighted by Gasteiger charge is -2.19. The maximum absolute atomic E-state index is 13.4. The number of rotatable bonds is 3. The van der Waals surface area contributed by atoms with Crippen molar-refractivity contribution in [3.05, 3.63) is 34.9 Å². The number of thiol groups is 1. The van der Waals surface area contributed by atoms with Crippen LogP contribution in [0.25, 0.3) is 0 Å². The van der Waals surface area contributed by atoms with Crippen LogP contribution >= 0.6 is 24.2 Å². The fraction of sp³-hybridized carbons (Fsp3) is 0.222. The van der Waals surface area contributed by atoms with Crippen LogP contribution in [0.4, 0.5) is 13.2 Å². The molecule has 6 heteroatoms. The molecule has 82 valence electrons. The third-order valence-corrected chi connectivity index (χ3v) is 2.57. The molecule has 0 N–H and O–H groups in total. The van der Waals surface area contributed by atoms with Crippen LogP contribution in [0.5, 0.6) is 0 Å². The summed E-state index contributed by atoms with van der Waals surface area (Å²) in [6, 6.07) is 2.34. The maximum Gasteiger partial charge on any atom is 0.320 e. The average Bonchev–Trinajstić information content (AvgIpc) is 2.17. The maximum atomic E-state index is 13.4. The van der Waals surface area contributed by atoms with E-state index in [2.05, 4.69) is 12.6 Å². The summed E-state index contributed by atoms with van der Waals surface area (Å²) in [6.45, 7) is 0. The first-order chi connectivity index (χ1) is 6.85. The molecule has 0 aliphatic rings. The van der Waals surface area contributed by atoms with E-state index in [1.807, 2.05) is 0 Å². The van der Waals surface area contributed by atoms with Gasteiger partial charge in [0.25, 0.3) is 5.92 Å². The van der Waals surface area contributed by atoms with E-state index in [1.165, 1.54) is 12.1 Å². The number of alkyl halides is 2. The Bertz CT molecular complexity index is 366.